The summed E-state index contributed by atoms with van der Waals surface area (Å²) < 4.78 is 5.49. The number of allylic oxidation sites excluding steroid dienone is 4. The minimum Gasteiger partial charge on any atom is -0.378 e. The second-order valence-electron chi connectivity index (χ2n) is 17.0. The van der Waals surface area contributed by atoms with Crippen molar-refractivity contribution in [1.82, 2.24) is 4.90 Å². The third-order valence-electron chi connectivity index (χ3n) is 14.7. The lowest BCUT2D eigenvalue weighted by Gasteiger charge is -2.69. The SMILES string of the molecule is CC1(C)CC[C@]2(CCC(=O)N3CCOCC3)CC[C@]3(C)[C@H](C(=O)C=C4[C@@]5(C)C=C(C#N)C(=O)C6(CC6)[C@@H]5CC[C@]43C)[C@@H]2C1. The second-order valence-corrected chi connectivity index (χ2v) is 17.0. The Kier molecular flexibility index (Phi) is 6.42. The Bertz CT molecular complexity index is 1370. The van der Waals surface area contributed by atoms with Gasteiger partial charge in [0.1, 0.15) is 6.07 Å². The van der Waals surface area contributed by atoms with E-state index in [-0.39, 0.29) is 56.9 Å². The second kappa shape index (κ2) is 9.38. The number of carbonyl (C=O) groups excluding carboxylic acids is 3. The number of morpholine rings is 1. The third-order valence-corrected chi connectivity index (χ3v) is 14.7. The van der Waals surface area contributed by atoms with Gasteiger partial charge in [-0.3, -0.25) is 14.4 Å². The van der Waals surface area contributed by atoms with Crippen molar-refractivity contribution in [1.29, 1.82) is 5.26 Å². The van der Waals surface area contributed by atoms with Crippen molar-refractivity contribution >= 4 is 17.5 Å². The van der Waals surface area contributed by atoms with E-state index in [1.54, 1.807) is 0 Å². The number of nitriles is 1. The Balaban J connectivity index is 1.27. The van der Waals surface area contributed by atoms with Crippen LogP contribution >= 0.6 is 0 Å². The highest BCUT2D eigenvalue weighted by atomic mass is 16.5. The summed E-state index contributed by atoms with van der Waals surface area (Å²) in [5, 5.41) is 10.00. The van der Waals surface area contributed by atoms with Crippen molar-refractivity contribution < 1.29 is 19.1 Å². The quantitative estimate of drug-likeness (QED) is 0.372. The number of rotatable bonds is 3. The molecule has 5 fully saturated rings. The lowest BCUT2D eigenvalue weighted by molar-refractivity contribution is -0.172. The molecular weight excluding hydrogens is 536 g/mol. The van der Waals surface area contributed by atoms with Gasteiger partial charge in [0.15, 0.2) is 11.6 Å². The van der Waals surface area contributed by atoms with Crippen LogP contribution in [0.1, 0.15) is 105 Å². The number of Topliss-reactive ketones (excluding diaryl/α,β-unsaturated/α-hetero) is 1. The Hall–Kier alpha value is -2.26. The lowest BCUT2D eigenvalue weighted by Crippen LogP contribution is -2.64. The molecule has 43 heavy (non-hydrogen) atoms. The zero-order valence-electron chi connectivity index (χ0n) is 27.0. The van der Waals surface area contributed by atoms with Gasteiger partial charge in [0, 0.05) is 36.3 Å². The van der Waals surface area contributed by atoms with Crippen LogP contribution < -0.4 is 0 Å². The number of carbonyl (C=O) groups is 3. The summed E-state index contributed by atoms with van der Waals surface area (Å²) in [5.74, 6) is 0.911. The molecule has 0 bridgehead atoms. The molecule has 7 rings (SSSR count). The summed E-state index contributed by atoms with van der Waals surface area (Å²) in [6, 6.07) is 2.25. The Morgan fingerprint density at radius 1 is 1.00 bits per heavy atom. The van der Waals surface area contributed by atoms with Gasteiger partial charge < -0.3 is 9.64 Å². The molecular formula is C37H50N2O4. The van der Waals surface area contributed by atoms with Crippen LogP contribution in [0.4, 0.5) is 0 Å². The van der Waals surface area contributed by atoms with Crippen molar-refractivity contribution in [2.24, 2.45) is 50.2 Å². The number of fused-ring (bicyclic) bond motifs is 8. The summed E-state index contributed by atoms with van der Waals surface area (Å²) in [6.07, 6.45) is 14.4. The Morgan fingerprint density at radius 2 is 1.70 bits per heavy atom. The van der Waals surface area contributed by atoms with Gasteiger partial charge >= 0.3 is 0 Å². The highest BCUT2D eigenvalue weighted by Crippen LogP contribution is 2.77. The van der Waals surface area contributed by atoms with Gasteiger partial charge in [0.25, 0.3) is 0 Å². The monoisotopic (exact) mass is 586 g/mol. The van der Waals surface area contributed by atoms with E-state index in [1.807, 2.05) is 17.1 Å². The topological polar surface area (TPSA) is 87.5 Å². The molecule has 1 saturated heterocycles. The normalized spacial score (nSPS) is 44.2. The minimum absolute atomic E-state index is 0.0172. The first-order chi connectivity index (χ1) is 20.3. The average molecular weight is 587 g/mol. The largest absolute Gasteiger partial charge is 0.378 e. The van der Waals surface area contributed by atoms with Gasteiger partial charge in [-0.05, 0) is 104 Å². The number of ketones is 2. The van der Waals surface area contributed by atoms with Gasteiger partial charge in [0.2, 0.25) is 5.91 Å². The summed E-state index contributed by atoms with van der Waals surface area (Å²) in [7, 11) is 0. The molecule has 1 aliphatic heterocycles. The van der Waals surface area contributed by atoms with Gasteiger partial charge in [-0.1, -0.05) is 46.3 Å². The minimum atomic E-state index is -0.447. The van der Waals surface area contributed by atoms with Crippen LogP contribution in [0.25, 0.3) is 0 Å². The molecule has 6 nitrogen and oxygen atoms in total. The maximum Gasteiger partial charge on any atom is 0.222 e. The molecule has 0 radical (unpaired) electrons. The fourth-order valence-corrected chi connectivity index (χ4v) is 11.9. The molecule has 7 atom stereocenters. The molecule has 4 saturated carbocycles. The van der Waals surface area contributed by atoms with Crippen molar-refractivity contribution in [3.05, 3.63) is 23.3 Å². The molecule has 7 aliphatic rings. The first-order valence-electron chi connectivity index (χ1n) is 17.1. The molecule has 232 valence electrons. The van der Waals surface area contributed by atoms with Crippen LogP contribution in [0.3, 0.4) is 0 Å². The van der Waals surface area contributed by atoms with Crippen molar-refractivity contribution in [3.8, 4) is 6.07 Å². The highest BCUT2D eigenvalue weighted by molar-refractivity contribution is 6.06. The molecule has 1 spiro atoms. The predicted octanol–water partition coefficient (Wildman–Crippen LogP) is 6.60. The third kappa shape index (κ3) is 3.95. The fraction of sp³-hybridized carbons (Fsp3) is 0.784. The van der Waals surface area contributed by atoms with E-state index in [0.29, 0.717) is 38.3 Å². The fourth-order valence-electron chi connectivity index (χ4n) is 11.9. The van der Waals surface area contributed by atoms with Crippen molar-refractivity contribution in [3.63, 3.8) is 0 Å². The predicted molar refractivity (Wildman–Crippen MR) is 163 cm³/mol. The van der Waals surface area contributed by atoms with E-state index in [2.05, 4.69) is 40.7 Å². The van der Waals surface area contributed by atoms with Gasteiger partial charge in [-0.25, -0.2) is 0 Å². The molecule has 6 heteroatoms. The number of hydrogen-bond acceptors (Lipinski definition) is 5. The summed E-state index contributed by atoms with van der Waals surface area (Å²) in [6.45, 7) is 14.4. The first-order valence-corrected chi connectivity index (χ1v) is 17.1. The van der Waals surface area contributed by atoms with Gasteiger partial charge in [-0.15, -0.1) is 0 Å². The zero-order valence-corrected chi connectivity index (χ0v) is 27.0. The number of hydrogen-bond donors (Lipinski definition) is 0. The Morgan fingerprint density at radius 3 is 2.37 bits per heavy atom. The van der Waals surface area contributed by atoms with E-state index < -0.39 is 10.8 Å². The number of amides is 1. The van der Waals surface area contributed by atoms with E-state index >= 15 is 0 Å². The maximum absolute atomic E-state index is 14.7. The summed E-state index contributed by atoms with van der Waals surface area (Å²) in [4.78, 5) is 43.4. The molecule has 1 heterocycles. The van der Waals surface area contributed by atoms with Crippen LogP contribution in [-0.2, 0) is 19.1 Å². The van der Waals surface area contributed by atoms with E-state index in [9.17, 15) is 19.6 Å². The maximum atomic E-state index is 14.7. The van der Waals surface area contributed by atoms with Crippen LogP contribution in [-0.4, -0.2) is 48.7 Å². The van der Waals surface area contributed by atoms with E-state index in [0.717, 1.165) is 64.2 Å². The number of nitrogens with zero attached hydrogens (tertiary/aromatic N) is 2. The average Bonchev–Trinajstić information content (AvgIpc) is 3.77. The Labute approximate surface area is 257 Å². The zero-order chi connectivity index (χ0) is 30.6. The summed E-state index contributed by atoms with van der Waals surface area (Å²) >= 11 is 0. The standard InChI is InChI=1S/C37H50N2O4/c1-32(2)10-12-36(9-7-29(41)39-16-18-43-19-17-39)13-11-35(5)30(25(36)22-32)26(40)20-28-33(3)21-24(23-38)31(42)37(14-15-37)27(33)6-8-34(28,35)4/h20-21,25,27,30H,6-19,22H2,1-5H3/t25-,27+,30-,33-,34+,35+,36+/m0/s1. The molecule has 0 aromatic carbocycles. The lowest BCUT2D eigenvalue weighted by atomic mass is 9.34. The van der Waals surface area contributed by atoms with Crippen molar-refractivity contribution in [2.75, 3.05) is 26.3 Å². The van der Waals surface area contributed by atoms with E-state index in [1.165, 1.54) is 5.57 Å². The molecule has 6 aliphatic carbocycles. The molecule has 1 amide bonds. The van der Waals surface area contributed by atoms with Gasteiger partial charge in [0.05, 0.1) is 18.8 Å². The van der Waals surface area contributed by atoms with E-state index in [4.69, 9.17) is 4.74 Å². The highest BCUT2D eigenvalue weighted by Gasteiger charge is 2.72. The molecule has 0 unspecified atom stereocenters. The number of ether oxygens (including phenoxy) is 1. The molecule has 0 aromatic heterocycles. The van der Waals surface area contributed by atoms with Crippen LogP contribution in [0.2, 0.25) is 0 Å². The van der Waals surface area contributed by atoms with Crippen LogP contribution in [0, 0.1) is 61.6 Å². The first kappa shape index (κ1) is 29.5. The molecule has 0 aromatic rings. The van der Waals surface area contributed by atoms with Gasteiger partial charge in [-0.2, -0.15) is 5.26 Å². The van der Waals surface area contributed by atoms with Crippen molar-refractivity contribution in [2.45, 2.75) is 105 Å². The van der Waals surface area contributed by atoms with Crippen LogP contribution in [0.5, 0.6) is 0 Å². The summed E-state index contributed by atoms with van der Waals surface area (Å²) in [5.41, 5.74) is 0.458. The smallest absolute Gasteiger partial charge is 0.222 e. The molecule has 0 N–H and O–H groups in total. The van der Waals surface area contributed by atoms with Crippen LogP contribution in [0.15, 0.2) is 23.3 Å².